The zero-order valence-corrected chi connectivity index (χ0v) is 14.5. The number of amides is 3. The van der Waals surface area contributed by atoms with E-state index in [4.69, 9.17) is 0 Å². The Morgan fingerprint density at radius 2 is 2.21 bits per heavy atom. The topological polar surface area (TPSA) is 90.5 Å². The predicted octanol–water partition coefficient (Wildman–Crippen LogP) is 2.36. The zero-order valence-electron chi connectivity index (χ0n) is 13.7. The van der Waals surface area contributed by atoms with Gasteiger partial charge in [0.15, 0.2) is 0 Å². The molecule has 24 heavy (non-hydrogen) atoms. The number of nitrogens with one attached hydrogen (secondary N) is 3. The number of thioether (sulfide) groups is 1. The summed E-state index contributed by atoms with van der Waals surface area (Å²) in [5.41, 5.74) is 1.46. The van der Waals surface area contributed by atoms with E-state index in [1.807, 2.05) is 11.8 Å². The molecule has 130 valence electrons. The minimum absolute atomic E-state index is 0.00660. The second-order valence-electron chi connectivity index (χ2n) is 6.42. The lowest BCUT2D eigenvalue weighted by molar-refractivity contribution is -0.116. The first-order chi connectivity index (χ1) is 11.5. The van der Waals surface area contributed by atoms with Gasteiger partial charge in [-0.05, 0) is 43.5 Å². The molecule has 0 unspecified atom stereocenters. The van der Waals surface area contributed by atoms with E-state index in [1.165, 1.54) is 0 Å². The number of carbonyl (C=O) groups excluding carboxylic acids is 2. The van der Waals surface area contributed by atoms with Crippen molar-refractivity contribution in [1.82, 2.24) is 10.6 Å². The number of aromatic hydroxyl groups is 1. The predicted molar refractivity (Wildman–Crippen MR) is 95.4 cm³/mol. The number of hydrogen-bond donors (Lipinski definition) is 4. The fraction of sp³-hybridized carbons (Fsp3) is 0.529. The molecular weight excluding hydrogens is 326 g/mol. The Hall–Kier alpha value is -1.89. The van der Waals surface area contributed by atoms with Crippen LogP contribution in [0.3, 0.4) is 0 Å². The monoisotopic (exact) mass is 349 g/mol. The van der Waals surface area contributed by atoms with Gasteiger partial charge in [-0.15, -0.1) is 0 Å². The van der Waals surface area contributed by atoms with Crippen molar-refractivity contribution in [1.29, 1.82) is 0 Å². The highest BCUT2D eigenvalue weighted by Crippen LogP contribution is 2.33. The molecule has 3 rings (SSSR count). The molecule has 7 heteroatoms. The Balaban J connectivity index is 1.36. The van der Waals surface area contributed by atoms with Gasteiger partial charge in [0.1, 0.15) is 5.75 Å². The highest BCUT2D eigenvalue weighted by molar-refractivity contribution is 8.00. The van der Waals surface area contributed by atoms with Crippen LogP contribution >= 0.6 is 11.8 Å². The molecule has 6 nitrogen and oxygen atoms in total. The van der Waals surface area contributed by atoms with Crippen LogP contribution in [0.15, 0.2) is 18.2 Å². The first kappa shape index (κ1) is 17.0. The number of benzene rings is 1. The third-order valence-corrected chi connectivity index (χ3v) is 6.07. The molecule has 0 aromatic heterocycles. The minimum atomic E-state index is -0.0566. The van der Waals surface area contributed by atoms with Crippen LogP contribution in [-0.4, -0.2) is 40.1 Å². The molecule has 0 radical (unpaired) electrons. The van der Waals surface area contributed by atoms with Crippen molar-refractivity contribution in [2.24, 2.45) is 0 Å². The third kappa shape index (κ3) is 3.95. The lowest BCUT2D eigenvalue weighted by Crippen LogP contribution is -2.36. The molecular formula is C17H23N3O3S. The summed E-state index contributed by atoms with van der Waals surface area (Å²) in [6, 6.07) is 5.48. The van der Waals surface area contributed by atoms with Crippen molar-refractivity contribution in [3.63, 3.8) is 0 Å². The Morgan fingerprint density at radius 3 is 3.00 bits per heavy atom. The van der Waals surface area contributed by atoms with Gasteiger partial charge >= 0.3 is 6.03 Å². The summed E-state index contributed by atoms with van der Waals surface area (Å²) in [5, 5.41) is 18.7. The lowest BCUT2D eigenvalue weighted by Gasteiger charge is -2.16. The van der Waals surface area contributed by atoms with Gasteiger partial charge < -0.3 is 21.1 Å². The summed E-state index contributed by atoms with van der Waals surface area (Å²) in [4.78, 5) is 23.3. The number of aryl methyl sites for hydroxylation is 1. The maximum atomic E-state index is 12.0. The average molecular weight is 349 g/mol. The van der Waals surface area contributed by atoms with E-state index < -0.39 is 0 Å². The number of hydrogen-bond acceptors (Lipinski definition) is 4. The maximum absolute atomic E-state index is 12.0. The third-order valence-electron chi connectivity index (χ3n) is 4.56. The smallest absolute Gasteiger partial charge is 0.315 e. The van der Waals surface area contributed by atoms with Gasteiger partial charge in [0.25, 0.3) is 0 Å². The molecule has 0 saturated carbocycles. The first-order valence-corrected chi connectivity index (χ1v) is 9.36. The number of carbonyl (C=O) groups is 2. The van der Waals surface area contributed by atoms with E-state index in [0.29, 0.717) is 17.4 Å². The van der Waals surface area contributed by atoms with Crippen LogP contribution in [0.25, 0.3) is 0 Å². The van der Waals surface area contributed by atoms with E-state index in [0.717, 1.165) is 30.6 Å². The van der Waals surface area contributed by atoms with Crippen molar-refractivity contribution in [3.05, 3.63) is 23.8 Å². The van der Waals surface area contributed by atoms with E-state index >= 15 is 0 Å². The van der Waals surface area contributed by atoms with E-state index in [-0.39, 0.29) is 29.8 Å². The number of anilines is 1. The number of urea groups is 1. The van der Waals surface area contributed by atoms with E-state index in [9.17, 15) is 14.7 Å². The summed E-state index contributed by atoms with van der Waals surface area (Å²) in [7, 11) is 0. The zero-order chi connectivity index (χ0) is 17.1. The van der Waals surface area contributed by atoms with Gasteiger partial charge in [0.2, 0.25) is 5.91 Å². The molecule has 3 amide bonds. The number of phenols is 1. The van der Waals surface area contributed by atoms with Gasteiger partial charge in [-0.3, -0.25) is 4.79 Å². The van der Waals surface area contributed by atoms with Crippen molar-refractivity contribution in [2.75, 3.05) is 11.1 Å². The van der Waals surface area contributed by atoms with Gasteiger partial charge in [-0.1, -0.05) is 6.42 Å². The van der Waals surface area contributed by atoms with E-state index in [1.54, 1.807) is 25.1 Å². The van der Waals surface area contributed by atoms with Gasteiger partial charge in [-0.2, -0.15) is 11.8 Å². The second-order valence-corrected chi connectivity index (χ2v) is 7.69. The molecule has 1 aromatic rings. The molecule has 1 aromatic carbocycles. The molecule has 2 heterocycles. The summed E-state index contributed by atoms with van der Waals surface area (Å²) < 4.78 is 0. The van der Waals surface area contributed by atoms with Crippen LogP contribution in [0.5, 0.6) is 5.75 Å². The molecule has 3 atom stereocenters. The molecule has 0 spiro atoms. The molecule has 2 saturated heterocycles. The van der Waals surface area contributed by atoms with Crippen molar-refractivity contribution >= 4 is 29.4 Å². The van der Waals surface area contributed by atoms with Crippen molar-refractivity contribution < 1.29 is 14.7 Å². The Bertz CT molecular complexity index is 638. The number of unbranched alkanes of at least 4 members (excludes halogenated alkanes) is 1. The highest BCUT2D eigenvalue weighted by Gasteiger charge is 2.42. The van der Waals surface area contributed by atoms with Crippen LogP contribution in [0.2, 0.25) is 0 Å². The molecule has 4 N–H and O–H groups in total. The highest BCUT2D eigenvalue weighted by atomic mass is 32.2. The minimum Gasteiger partial charge on any atom is -0.508 e. The first-order valence-electron chi connectivity index (χ1n) is 8.31. The normalized spacial score (nSPS) is 25.0. The molecule has 0 aliphatic carbocycles. The van der Waals surface area contributed by atoms with Gasteiger partial charge in [0.05, 0.1) is 12.1 Å². The molecule has 2 aliphatic heterocycles. The SMILES string of the molecule is Cc1cc(NC(=O)CCCC[C@@H]2SC[C@@H]3NC(=O)N[C@@H]32)ccc1O. The van der Waals surface area contributed by atoms with Crippen LogP contribution in [-0.2, 0) is 4.79 Å². The molecule has 2 aliphatic rings. The Labute approximate surface area is 145 Å². The van der Waals surface area contributed by atoms with Crippen LogP contribution in [0, 0.1) is 6.92 Å². The fourth-order valence-corrected chi connectivity index (χ4v) is 4.77. The largest absolute Gasteiger partial charge is 0.508 e. The van der Waals surface area contributed by atoms with Gasteiger partial charge in [0, 0.05) is 23.1 Å². The second kappa shape index (κ2) is 7.34. The summed E-state index contributed by atoms with van der Waals surface area (Å²) in [6.45, 7) is 1.80. The standard InChI is InChI=1S/C17H23N3O3S/c1-10-8-11(6-7-13(10)21)18-15(22)5-3-2-4-14-16-12(9-24-14)19-17(23)20-16/h6-8,12,14,16,21H,2-5,9H2,1H3,(H,18,22)(H2,19,20,23)/t12-,14-,16-/m0/s1. The quantitative estimate of drug-likeness (QED) is 0.360. The fourth-order valence-electron chi connectivity index (χ4n) is 3.23. The number of rotatable bonds is 6. The van der Waals surface area contributed by atoms with Gasteiger partial charge in [-0.25, -0.2) is 4.79 Å². The average Bonchev–Trinajstić information content (AvgIpc) is 3.07. The summed E-state index contributed by atoms with van der Waals surface area (Å²) >= 11 is 1.90. The van der Waals surface area contributed by atoms with E-state index in [2.05, 4.69) is 16.0 Å². The Morgan fingerprint density at radius 1 is 1.38 bits per heavy atom. The van der Waals surface area contributed by atoms with Crippen LogP contribution in [0.1, 0.15) is 31.2 Å². The Kier molecular flexibility index (Phi) is 5.18. The lowest BCUT2D eigenvalue weighted by atomic mass is 10.0. The number of fused-ring (bicyclic) bond motifs is 1. The maximum Gasteiger partial charge on any atom is 0.315 e. The van der Waals surface area contributed by atoms with Crippen molar-refractivity contribution in [3.8, 4) is 5.75 Å². The van der Waals surface area contributed by atoms with Crippen molar-refractivity contribution in [2.45, 2.75) is 49.9 Å². The van der Waals surface area contributed by atoms with Crippen LogP contribution in [0.4, 0.5) is 10.5 Å². The summed E-state index contributed by atoms with van der Waals surface area (Å²) in [6.07, 6.45) is 3.30. The molecule has 0 bridgehead atoms. The summed E-state index contributed by atoms with van der Waals surface area (Å²) in [5.74, 6) is 1.19. The number of phenolic OH excluding ortho intramolecular Hbond substituents is 1. The van der Waals surface area contributed by atoms with Crippen LogP contribution < -0.4 is 16.0 Å². The molecule has 2 fully saturated rings.